The van der Waals surface area contributed by atoms with E-state index in [0.717, 1.165) is 5.56 Å². The second-order valence-electron chi connectivity index (χ2n) is 13.3. The summed E-state index contributed by atoms with van der Waals surface area (Å²) in [6.07, 6.45) is 2.45. The second kappa shape index (κ2) is 18.5. The van der Waals surface area contributed by atoms with Gasteiger partial charge in [-0.25, -0.2) is 4.98 Å². The van der Waals surface area contributed by atoms with Crippen LogP contribution in [-0.4, -0.2) is 74.4 Å². The number of carbonyl (C=O) groups excluding carboxylic acids is 4. The summed E-state index contributed by atoms with van der Waals surface area (Å²) in [6.45, 7) is 10.7. The van der Waals surface area contributed by atoms with Gasteiger partial charge in [0.05, 0.1) is 5.92 Å². The van der Waals surface area contributed by atoms with Crippen molar-refractivity contribution in [2.45, 2.75) is 91.5 Å². The Bertz CT molecular complexity index is 1600. The number of carboxylic acids is 1. The van der Waals surface area contributed by atoms with Gasteiger partial charge in [-0.05, 0) is 42.4 Å². The van der Waals surface area contributed by atoms with Crippen molar-refractivity contribution in [1.29, 1.82) is 0 Å². The summed E-state index contributed by atoms with van der Waals surface area (Å²) < 4.78 is 7.43. The van der Waals surface area contributed by atoms with E-state index in [-0.39, 0.29) is 42.2 Å². The number of nitrogens with one attached hydrogen (secondary N) is 2. The maximum absolute atomic E-state index is 14.1. The number of aryl methyl sites for hydroxylation is 1. The van der Waals surface area contributed by atoms with E-state index in [1.165, 1.54) is 18.3 Å². The van der Waals surface area contributed by atoms with E-state index in [0.29, 0.717) is 23.5 Å². The van der Waals surface area contributed by atoms with E-state index in [4.69, 9.17) is 4.74 Å². The quantitative estimate of drug-likeness (QED) is 0.151. The predicted molar refractivity (Wildman–Crippen MR) is 192 cm³/mol. The Morgan fingerprint density at radius 2 is 1.66 bits per heavy atom. The number of esters is 1. The Hall–Kier alpha value is -4.52. The minimum absolute atomic E-state index is 0.0686. The maximum Gasteiger partial charge on any atom is 0.306 e. The molecule has 0 spiro atoms. The van der Waals surface area contributed by atoms with Gasteiger partial charge in [0.2, 0.25) is 5.91 Å². The Morgan fingerprint density at radius 3 is 2.22 bits per heavy atom. The van der Waals surface area contributed by atoms with E-state index in [1.807, 2.05) is 58.0 Å². The molecule has 272 valence electrons. The van der Waals surface area contributed by atoms with Crippen LogP contribution >= 0.6 is 11.3 Å². The molecule has 0 bridgehead atoms. The Morgan fingerprint density at radius 1 is 0.980 bits per heavy atom. The average Bonchev–Trinajstić information content (AvgIpc) is 3.74. The molecule has 0 saturated carbocycles. The van der Waals surface area contributed by atoms with Gasteiger partial charge in [0.25, 0.3) is 11.8 Å². The number of carboxylic acid groups (broad SMARTS) is 1. The number of amides is 3. The highest BCUT2D eigenvalue weighted by Crippen LogP contribution is 2.31. The molecule has 6 unspecified atom stereocenters. The number of aliphatic carboxylic acids is 1. The van der Waals surface area contributed by atoms with Gasteiger partial charge in [-0.15, -0.1) is 11.3 Å². The van der Waals surface area contributed by atoms with E-state index >= 15 is 0 Å². The fraction of sp³-hybridized carbons (Fsp3) is 0.514. The molecule has 3 N–H and O–H groups in total. The minimum Gasteiger partial charge on any atom is -0.481 e. The number of hydrogen-bond acceptors (Lipinski definition) is 8. The number of hydrogen-bond donors (Lipinski definition) is 3. The molecule has 0 aliphatic rings. The number of benzene rings is 1. The second-order valence-corrected chi connectivity index (χ2v) is 14.2. The van der Waals surface area contributed by atoms with E-state index < -0.39 is 48.0 Å². The molecule has 3 rings (SSSR count). The zero-order chi connectivity index (χ0) is 37.1. The number of thiazole rings is 1. The van der Waals surface area contributed by atoms with E-state index in [1.54, 1.807) is 54.2 Å². The monoisotopic (exact) mass is 709 g/mol. The van der Waals surface area contributed by atoms with Crippen molar-refractivity contribution in [3.05, 3.63) is 76.0 Å². The van der Waals surface area contributed by atoms with E-state index in [9.17, 15) is 29.1 Å². The molecule has 0 aliphatic heterocycles. The van der Waals surface area contributed by atoms with Gasteiger partial charge < -0.3 is 29.9 Å². The summed E-state index contributed by atoms with van der Waals surface area (Å²) >= 11 is 1.17. The van der Waals surface area contributed by atoms with Gasteiger partial charge in [0.1, 0.15) is 22.4 Å². The van der Waals surface area contributed by atoms with Crippen molar-refractivity contribution in [3.63, 3.8) is 0 Å². The van der Waals surface area contributed by atoms with Crippen LogP contribution in [0, 0.1) is 17.8 Å². The van der Waals surface area contributed by atoms with Crippen LogP contribution in [0.25, 0.3) is 0 Å². The fourth-order valence-electron chi connectivity index (χ4n) is 5.89. The Balaban J connectivity index is 1.82. The van der Waals surface area contributed by atoms with Crippen LogP contribution in [0.4, 0.5) is 0 Å². The third kappa shape index (κ3) is 11.0. The van der Waals surface area contributed by atoms with Crippen molar-refractivity contribution in [1.82, 2.24) is 25.1 Å². The van der Waals surface area contributed by atoms with Gasteiger partial charge in [-0.1, -0.05) is 71.4 Å². The first-order valence-electron chi connectivity index (χ1n) is 17.0. The number of nitrogens with zero attached hydrogens (tertiary/aromatic N) is 3. The molecular formula is C37H51N5O7S. The lowest BCUT2D eigenvalue weighted by Crippen LogP contribution is -2.54. The summed E-state index contributed by atoms with van der Waals surface area (Å²) in [5.41, 5.74) is 1.52. The van der Waals surface area contributed by atoms with Crippen LogP contribution < -0.4 is 10.6 Å². The normalized spacial score (nSPS) is 14.9. The molecule has 12 nitrogen and oxygen atoms in total. The molecule has 6 atom stereocenters. The number of likely N-dealkylation sites (N-methyl/N-ethyl adjacent to an activating group) is 1. The molecule has 0 aliphatic carbocycles. The first-order chi connectivity index (χ1) is 23.6. The third-order valence-corrected chi connectivity index (χ3v) is 10.0. The van der Waals surface area contributed by atoms with Crippen LogP contribution in [0.5, 0.6) is 0 Å². The molecule has 13 heteroatoms. The fourth-order valence-corrected chi connectivity index (χ4v) is 6.73. The van der Waals surface area contributed by atoms with Crippen LogP contribution in [0.15, 0.2) is 54.0 Å². The van der Waals surface area contributed by atoms with Gasteiger partial charge in [0.15, 0.2) is 6.10 Å². The zero-order valence-electron chi connectivity index (χ0n) is 30.2. The highest BCUT2D eigenvalue weighted by Gasteiger charge is 2.36. The molecule has 2 aromatic heterocycles. The first-order valence-corrected chi connectivity index (χ1v) is 17.9. The van der Waals surface area contributed by atoms with Gasteiger partial charge in [-0.2, -0.15) is 0 Å². The molecule has 0 saturated heterocycles. The van der Waals surface area contributed by atoms with Crippen molar-refractivity contribution >= 4 is 41.0 Å². The average molecular weight is 710 g/mol. The molecule has 0 fully saturated rings. The maximum atomic E-state index is 14.1. The number of carbonyl (C=O) groups is 5. The van der Waals surface area contributed by atoms with Crippen LogP contribution in [-0.2, 0) is 32.6 Å². The number of ether oxygens (including phenoxy) is 1. The zero-order valence-corrected chi connectivity index (χ0v) is 31.0. The lowest BCUT2D eigenvalue weighted by atomic mass is 9.93. The minimum atomic E-state index is -0.949. The third-order valence-electron chi connectivity index (χ3n) is 9.07. The van der Waals surface area contributed by atoms with Crippen molar-refractivity contribution in [2.24, 2.45) is 24.8 Å². The predicted octanol–water partition coefficient (Wildman–Crippen LogP) is 5.26. The van der Waals surface area contributed by atoms with Crippen molar-refractivity contribution < 1.29 is 33.8 Å². The van der Waals surface area contributed by atoms with Gasteiger partial charge in [0, 0.05) is 51.1 Å². The lowest BCUT2D eigenvalue weighted by Gasteiger charge is -2.37. The van der Waals surface area contributed by atoms with Crippen LogP contribution in [0.3, 0.4) is 0 Å². The number of rotatable bonds is 18. The molecule has 50 heavy (non-hydrogen) atoms. The van der Waals surface area contributed by atoms with Crippen molar-refractivity contribution in [3.8, 4) is 0 Å². The largest absolute Gasteiger partial charge is 0.481 e. The molecule has 3 amide bonds. The molecule has 3 aromatic rings. The summed E-state index contributed by atoms with van der Waals surface area (Å²) in [5, 5.41) is 17.4. The lowest BCUT2D eigenvalue weighted by molar-refractivity contribution is -0.148. The summed E-state index contributed by atoms with van der Waals surface area (Å²) in [6, 6.07) is 11.3. The molecular weight excluding hydrogens is 659 g/mol. The smallest absolute Gasteiger partial charge is 0.306 e. The molecule has 1 aromatic carbocycles. The SMILES string of the molecule is CCC(C)C(NC(=O)c1cccn1C)C(=O)N(C)C(CC(OC(C)=O)c1nc(C(=O)NC(Cc2ccccc2)CC(C)C(=O)O)cs1)C(C)C. The Labute approximate surface area is 298 Å². The van der Waals surface area contributed by atoms with Crippen LogP contribution in [0.1, 0.15) is 98.5 Å². The van der Waals surface area contributed by atoms with Gasteiger partial charge >= 0.3 is 11.9 Å². The Kier molecular flexibility index (Phi) is 14.7. The highest BCUT2D eigenvalue weighted by molar-refractivity contribution is 7.09. The van der Waals surface area contributed by atoms with Gasteiger partial charge in [-0.3, -0.25) is 24.0 Å². The van der Waals surface area contributed by atoms with E-state index in [2.05, 4.69) is 15.6 Å². The summed E-state index contributed by atoms with van der Waals surface area (Å²) in [5.74, 6) is -3.47. The van der Waals surface area contributed by atoms with Crippen molar-refractivity contribution in [2.75, 3.05) is 7.05 Å². The highest BCUT2D eigenvalue weighted by atomic mass is 32.1. The summed E-state index contributed by atoms with van der Waals surface area (Å²) in [7, 11) is 3.45. The molecule has 2 heterocycles. The topological polar surface area (TPSA) is 160 Å². The molecule has 0 radical (unpaired) electrons. The van der Waals surface area contributed by atoms with Crippen LogP contribution in [0.2, 0.25) is 0 Å². The standard InChI is InChI=1S/C37H51N5O7S/c1-9-23(4)32(40-34(45)29-16-13-17-41(29)7)36(46)42(8)30(22(2)3)20-31(49-25(6)43)35-39-28(21-50-35)33(44)38-27(18-24(5)37(47)48)19-26-14-11-10-12-15-26/h10-17,21-24,27,30-32H,9,18-20H2,1-8H3,(H,38,44)(H,40,45)(H,47,48). The first kappa shape index (κ1) is 39.9. The number of aromatic nitrogens is 2. The summed E-state index contributed by atoms with van der Waals surface area (Å²) in [4.78, 5) is 70.7.